The first-order chi connectivity index (χ1) is 13.9. The Balaban J connectivity index is 1.68. The van der Waals surface area contributed by atoms with E-state index in [4.69, 9.17) is 0 Å². The molecule has 1 aliphatic rings. The highest BCUT2D eigenvalue weighted by molar-refractivity contribution is 6.35. The number of fused-ring (bicyclic) bond motifs is 1. The van der Waals surface area contributed by atoms with E-state index in [2.05, 4.69) is 10.6 Å². The van der Waals surface area contributed by atoms with Crippen molar-refractivity contribution in [2.24, 2.45) is 0 Å². The highest BCUT2D eigenvalue weighted by atomic mass is 16.3. The van der Waals surface area contributed by atoms with Gasteiger partial charge in [-0.05, 0) is 31.9 Å². The molecule has 0 saturated heterocycles. The second-order valence-corrected chi connectivity index (χ2v) is 7.31. The van der Waals surface area contributed by atoms with Crippen molar-refractivity contribution in [2.75, 3.05) is 11.5 Å². The zero-order chi connectivity index (χ0) is 21.0. The molecule has 0 aromatic heterocycles. The molecule has 7 nitrogen and oxygen atoms in total. The second kappa shape index (κ2) is 8.87. The van der Waals surface area contributed by atoms with E-state index in [1.54, 1.807) is 17.0 Å². The third-order valence-corrected chi connectivity index (χ3v) is 4.87. The molecule has 0 aliphatic carbocycles. The fourth-order valence-corrected chi connectivity index (χ4v) is 3.52. The summed E-state index contributed by atoms with van der Waals surface area (Å²) in [6, 6.07) is 15.0. The summed E-state index contributed by atoms with van der Waals surface area (Å²) in [7, 11) is 0. The van der Waals surface area contributed by atoms with E-state index in [9.17, 15) is 19.5 Å². The largest absolute Gasteiger partial charge is 0.394 e. The van der Waals surface area contributed by atoms with Gasteiger partial charge in [-0.25, -0.2) is 0 Å². The Hall–Kier alpha value is -3.19. The molecule has 1 heterocycles. The number of hydrogen-bond donors (Lipinski definition) is 3. The summed E-state index contributed by atoms with van der Waals surface area (Å²) in [5.41, 5.74) is 2.32. The molecule has 0 unspecified atom stereocenters. The number of hydrogen-bond acceptors (Lipinski definition) is 4. The number of carbonyl (C=O) groups is 3. The van der Waals surface area contributed by atoms with Gasteiger partial charge in [0, 0.05) is 17.3 Å². The van der Waals surface area contributed by atoms with Crippen molar-refractivity contribution in [3.63, 3.8) is 0 Å². The van der Waals surface area contributed by atoms with Gasteiger partial charge >= 0.3 is 11.8 Å². The number of rotatable bonds is 6. The molecule has 152 valence electrons. The summed E-state index contributed by atoms with van der Waals surface area (Å²) < 4.78 is 0. The number of aliphatic hydroxyl groups excluding tert-OH is 1. The molecule has 0 spiro atoms. The van der Waals surface area contributed by atoms with Gasteiger partial charge < -0.3 is 20.6 Å². The molecule has 3 N–H and O–H groups in total. The van der Waals surface area contributed by atoms with Gasteiger partial charge in [0.15, 0.2) is 0 Å². The van der Waals surface area contributed by atoms with E-state index in [0.717, 1.165) is 11.3 Å². The number of anilines is 1. The van der Waals surface area contributed by atoms with E-state index < -0.39 is 23.9 Å². The highest BCUT2D eigenvalue weighted by Gasteiger charge is 2.40. The molecule has 29 heavy (non-hydrogen) atoms. The number of amides is 3. The summed E-state index contributed by atoms with van der Waals surface area (Å²) in [5, 5.41) is 14.6. The van der Waals surface area contributed by atoms with Crippen LogP contribution in [0.3, 0.4) is 0 Å². The SMILES string of the molecule is CC(C)N1C(=O)[C@@H](NC(=O)C(=O)N[C@@H](CO)Cc2ccccc2)c2ccccc21. The van der Waals surface area contributed by atoms with Gasteiger partial charge in [-0.2, -0.15) is 0 Å². The van der Waals surface area contributed by atoms with Crippen LogP contribution < -0.4 is 15.5 Å². The first kappa shape index (κ1) is 20.5. The van der Waals surface area contributed by atoms with Gasteiger partial charge in [-0.1, -0.05) is 48.5 Å². The van der Waals surface area contributed by atoms with Crippen LogP contribution in [-0.4, -0.2) is 41.5 Å². The molecular weight excluding hydrogens is 370 g/mol. The van der Waals surface area contributed by atoms with Crippen LogP contribution in [0.15, 0.2) is 54.6 Å². The van der Waals surface area contributed by atoms with Crippen molar-refractivity contribution in [1.82, 2.24) is 10.6 Å². The number of nitrogens with one attached hydrogen (secondary N) is 2. The van der Waals surface area contributed by atoms with Crippen molar-refractivity contribution < 1.29 is 19.5 Å². The fourth-order valence-electron chi connectivity index (χ4n) is 3.52. The number of para-hydroxylation sites is 1. The van der Waals surface area contributed by atoms with Crippen molar-refractivity contribution in [3.8, 4) is 0 Å². The molecule has 0 bridgehead atoms. The van der Waals surface area contributed by atoms with Crippen molar-refractivity contribution in [1.29, 1.82) is 0 Å². The molecule has 3 rings (SSSR count). The molecule has 1 aliphatic heterocycles. The van der Waals surface area contributed by atoms with Crippen LogP contribution in [0.5, 0.6) is 0 Å². The maximum atomic E-state index is 12.8. The summed E-state index contributed by atoms with van der Waals surface area (Å²) in [4.78, 5) is 39.3. The average Bonchev–Trinajstić information content (AvgIpc) is 2.99. The Morgan fingerprint density at radius 1 is 1.03 bits per heavy atom. The normalized spacial score (nSPS) is 16.5. The lowest BCUT2D eigenvalue weighted by molar-refractivity contribution is -0.141. The number of benzene rings is 2. The van der Waals surface area contributed by atoms with Crippen LogP contribution in [-0.2, 0) is 20.8 Å². The molecule has 0 fully saturated rings. The number of aliphatic hydroxyl groups is 1. The quantitative estimate of drug-likeness (QED) is 0.643. The Kier molecular flexibility index (Phi) is 6.29. The molecule has 2 aromatic rings. The Labute approximate surface area is 169 Å². The predicted octanol–water partition coefficient (Wildman–Crippen LogP) is 1.32. The van der Waals surface area contributed by atoms with Crippen molar-refractivity contribution >= 4 is 23.4 Å². The predicted molar refractivity (Wildman–Crippen MR) is 109 cm³/mol. The van der Waals surface area contributed by atoms with E-state index in [0.29, 0.717) is 12.0 Å². The molecule has 2 aromatic carbocycles. The molecule has 0 saturated carbocycles. The second-order valence-electron chi connectivity index (χ2n) is 7.31. The van der Waals surface area contributed by atoms with E-state index in [1.807, 2.05) is 56.3 Å². The summed E-state index contributed by atoms with van der Waals surface area (Å²) in [6.45, 7) is 3.47. The minimum Gasteiger partial charge on any atom is -0.394 e. The van der Waals surface area contributed by atoms with Gasteiger partial charge in [0.25, 0.3) is 5.91 Å². The zero-order valence-corrected chi connectivity index (χ0v) is 16.5. The third kappa shape index (κ3) is 4.46. The lowest BCUT2D eigenvalue weighted by atomic mass is 10.1. The van der Waals surface area contributed by atoms with Crippen molar-refractivity contribution in [3.05, 3.63) is 65.7 Å². The first-order valence-electron chi connectivity index (χ1n) is 9.60. The van der Waals surface area contributed by atoms with Gasteiger partial charge in [-0.3, -0.25) is 14.4 Å². The first-order valence-corrected chi connectivity index (χ1v) is 9.60. The maximum Gasteiger partial charge on any atom is 0.310 e. The summed E-state index contributed by atoms with van der Waals surface area (Å²) in [6.07, 6.45) is 0.392. The minimum absolute atomic E-state index is 0.0796. The molecular formula is C22H25N3O4. The molecule has 3 amide bonds. The topological polar surface area (TPSA) is 98.7 Å². The fraction of sp³-hybridized carbons (Fsp3) is 0.318. The van der Waals surface area contributed by atoms with E-state index in [1.165, 1.54) is 0 Å². The Morgan fingerprint density at radius 2 is 1.69 bits per heavy atom. The number of carbonyl (C=O) groups excluding carboxylic acids is 3. The zero-order valence-electron chi connectivity index (χ0n) is 16.5. The van der Waals surface area contributed by atoms with Crippen LogP contribution in [0, 0.1) is 0 Å². The van der Waals surface area contributed by atoms with Crippen LogP contribution in [0.4, 0.5) is 5.69 Å². The van der Waals surface area contributed by atoms with E-state index in [-0.39, 0.29) is 18.6 Å². The average molecular weight is 395 g/mol. The van der Waals surface area contributed by atoms with E-state index >= 15 is 0 Å². The van der Waals surface area contributed by atoms with Gasteiger partial charge in [-0.15, -0.1) is 0 Å². The smallest absolute Gasteiger partial charge is 0.310 e. The van der Waals surface area contributed by atoms with Crippen LogP contribution in [0.2, 0.25) is 0 Å². The van der Waals surface area contributed by atoms with Gasteiger partial charge in [0.05, 0.1) is 12.6 Å². The van der Waals surface area contributed by atoms with Crippen LogP contribution in [0.25, 0.3) is 0 Å². The van der Waals surface area contributed by atoms with Crippen molar-refractivity contribution in [2.45, 2.75) is 38.4 Å². The number of nitrogens with zero attached hydrogens (tertiary/aromatic N) is 1. The Morgan fingerprint density at radius 3 is 2.34 bits per heavy atom. The highest BCUT2D eigenvalue weighted by Crippen LogP contribution is 2.36. The lowest BCUT2D eigenvalue weighted by Crippen LogP contribution is -2.49. The van der Waals surface area contributed by atoms with Gasteiger partial charge in [0.1, 0.15) is 6.04 Å². The summed E-state index contributed by atoms with van der Waals surface area (Å²) >= 11 is 0. The molecule has 0 radical (unpaired) electrons. The summed E-state index contributed by atoms with van der Waals surface area (Å²) in [5.74, 6) is -2.06. The van der Waals surface area contributed by atoms with Crippen LogP contribution >= 0.6 is 0 Å². The molecule has 7 heteroatoms. The monoisotopic (exact) mass is 395 g/mol. The third-order valence-electron chi connectivity index (χ3n) is 4.87. The standard InChI is InChI=1S/C22H25N3O4/c1-14(2)25-18-11-7-6-10-17(18)19(22(25)29)24-21(28)20(27)23-16(13-26)12-15-8-4-3-5-9-15/h3-11,14,16,19,26H,12-13H2,1-2H3,(H,23,27)(H,24,28)/t16-,19+/m1/s1. The Bertz CT molecular complexity index is 898. The van der Waals surface area contributed by atoms with Gasteiger partial charge in [0.2, 0.25) is 0 Å². The maximum absolute atomic E-state index is 12.8. The molecule has 2 atom stereocenters. The lowest BCUT2D eigenvalue weighted by Gasteiger charge is -2.22. The van der Waals surface area contributed by atoms with Crippen LogP contribution in [0.1, 0.15) is 31.0 Å². The minimum atomic E-state index is -0.909.